The van der Waals surface area contributed by atoms with Crippen LogP contribution in [-0.2, 0) is 16.1 Å². The monoisotopic (exact) mass is 415 g/mol. The molecule has 1 aliphatic heterocycles. The summed E-state index contributed by atoms with van der Waals surface area (Å²) in [6, 6.07) is 7.89. The van der Waals surface area contributed by atoms with Crippen LogP contribution in [-0.4, -0.2) is 61.7 Å². The molecule has 0 bridgehead atoms. The number of hydrogen-bond donors (Lipinski definition) is 2. The van der Waals surface area contributed by atoms with Gasteiger partial charge in [0.1, 0.15) is 5.25 Å². The lowest BCUT2D eigenvalue weighted by molar-refractivity contribution is -0.138. The average Bonchev–Trinajstić information content (AvgIpc) is 3.33. The highest BCUT2D eigenvalue weighted by atomic mass is 32.2. The molecule has 1 aliphatic rings. The Morgan fingerprint density at radius 3 is 2.86 bits per heavy atom. The molecule has 0 saturated carbocycles. The number of thioether (sulfide) groups is 1. The molecule has 1 aromatic heterocycles. The molecule has 2 heterocycles. The van der Waals surface area contributed by atoms with Crippen LogP contribution in [0.4, 0.5) is 5.69 Å². The van der Waals surface area contributed by atoms with Crippen molar-refractivity contribution in [2.75, 3.05) is 18.0 Å². The van der Waals surface area contributed by atoms with Gasteiger partial charge < -0.3 is 15.3 Å². The third kappa shape index (κ3) is 5.88. The first-order valence-corrected chi connectivity index (χ1v) is 9.92. The van der Waals surface area contributed by atoms with Gasteiger partial charge in [0.15, 0.2) is 5.17 Å². The molecule has 2 aromatic rings. The standard InChI is InChI=1S/C18H21N7O3S/c1-2-24(9-10-25-8-7-19-23-25)14-5-3-13(4-6-14)12-20-22-18-21-17(28)15(29-18)11-16(26)27/h3-8,12,15H,2,9-11H2,1H3,(H,26,27)(H,21,22,28). The number of benzene rings is 1. The minimum atomic E-state index is -1.02. The quantitative estimate of drug-likeness (QED) is 0.466. The van der Waals surface area contributed by atoms with E-state index in [-0.39, 0.29) is 12.3 Å². The van der Waals surface area contributed by atoms with Gasteiger partial charge in [-0.2, -0.15) is 5.10 Å². The molecule has 0 spiro atoms. The van der Waals surface area contributed by atoms with Gasteiger partial charge in [-0.3, -0.25) is 14.3 Å². The maximum Gasteiger partial charge on any atom is 0.305 e. The van der Waals surface area contributed by atoms with Crippen LogP contribution in [0.1, 0.15) is 18.9 Å². The van der Waals surface area contributed by atoms with Gasteiger partial charge in [-0.1, -0.05) is 29.1 Å². The first-order valence-electron chi connectivity index (χ1n) is 9.04. The van der Waals surface area contributed by atoms with E-state index in [9.17, 15) is 9.59 Å². The van der Waals surface area contributed by atoms with Gasteiger partial charge in [0, 0.05) is 25.0 Å². The Morgan fingerprint density at radius 2 is 2.21 bits per heavy atom. The van der Waals surface area contributed by atoms with Crippen molar-refractivity contribution in [1.29, 1.82) is 0 Å². The molecule has 10 nitrogen and oxygen atoms in total. The molecule has 1 atom stereocenters. The number of aliphatic carboxylic acids is 1. The zero-order valence-corrected chi connectivity index (χ0v) is 16.6. The number of rotatable bonds is 9. The molecule has 3 rings (SSSR count). The topological polar surface area (TPSA) is 125 Å². The van der Waals surface area contributed by atoms with Crippen LogP contribution < -0.4 is 10.2 Å². The summed E-state index contributed by atoms with van der Waals surface area (Å²) in [5.74, 6) is -1.38. The molecule has 1 saturated heterocycles. The lowest BCUT2D eigenvalue weighted by Crippen LogP contribution is -2.27. The normalized spacial score (nSPS) is 17.8. The molecule has 11 heteroatoms. The van der Waals surface area contributed by atoms with Crippen LogP contribution in [0.2, 0.25) is 0 Å². The van der Waals surface area contributed by atoms with Gasteiger partial charge >= 0.3 is 5.97 Å². The summed E-state index contributed by atoms with van der Waals surface area (Å²) < 4.78 is 1.80. The molecule has 1 amide bonds. The Labute approximate surface area is 171 Å². The lowest BCUT2D eigenvalue weighted by atomic mass is 10.2. The number of amidine groups is 1. The van der Waals surface area contributed by atoms with Crippen molar-refractivity contribution < 1.29 is 14.7 Å². The summed E-state index contributed by atoms with van der Waals surface area (Å²) >= 11 is 1.07. The number of anilines is 1. The highest BCUT2D eigenvalue weighted by Gasteiger charge is 2.32. The summed E-state index contributed by atoms with van der Waals surface area (Å²) in [5.41, 5.74) is 1.95. The molecule has 0 radical (unpaired) electrons. The van der Waals surface area contributed by atoms with Crippen LogP contribution in [0.3, 0.4) is 0 Å². The fourth-order valence-corrected chi connectivity index (χ4v) is 3.62. The highest BCUT2D eigenvalue weighted by Crippen LogP contribution is 2.22. The van der Waals surface area contributed by atoms with E-state index in [0.717, 1.165) is 42.6 Å². The Morgan fingerprint density at radius 1 is 1.41 bits per heavy atom. The van der Waals surface area contributed by atoms with Crippen molar-refractivity contribution >= 4 is 40.7 Å². The fourth-order valence-electron chi connectivity index (χ4n) is 2.71. The van der Waals surface area contributed by atoms with Crippen molar-refractivity contribution in [3.63, 3.8) is 0 Å². The average molecular weight is 415 g/mol. The number of likely N-dealkylation sites (N-methyl/N-ethyl adjacent to an activating group) is 1. The third-order valence-electron chi connectivity index (χ3n) is 4.20. The highest BCUT2D eigenvalue weighted by molar-refractivity contribution is 8.15. The summed E-state index contributed by atoms with van der Waals surface area (Å²) in [7, 11) is 0. The van der Waals surface area contributed by atoms with E-state index in [1.807, 2.05) is 30.5 Å². The minimum Gasteiger partial charge on any atom is -0.481 e. The molecule has 152 valence electrons. The van der Waals surface area contributed by atoms with Crippen molar-refractivity contribution in [2.45, 2.75) is 25.1 Å². The second-order valence-corrected chi connectivity index (χ2v) is 7.37. The summed E-state index contributed by atoms with van der Waals surface area (Å²) in [4.78, 5) is 24.6. The Kier molecular flexibility index (Phi) is 6.95. The molecule has 2 N–H and O–H groups in total. The summed E-state index contributed by atoms with van der Waals surface area (Å²) in [6.45, 7) is 4.53. The summed E-state index contributed by atoms with van der Waals surface area (Å²) in [5, 5.41) is 26.7. The Balaban J connectivity index is 1.55. The lowest BCUT2D eigenvalue weighted by Gasteiger charge is -2.23. The van der Waals surface area contributed by atoms with Crippen LogP contribution in [0.5, 0.6) is 0 Å². The molecular formula is C18H21N7O3S. The van der Waals surface area contributed by atoms with E-state index in [4.69, 9.17) is 5.11 Å². The van der Waals surface area contributed by atoms with E-state index in [1.165, 1.54) is 0 Å². The predicted octanol–water partition coefficient (Wildman–Crippen LogP) is 1.20. The molecule has 0 aliphatic carbocycles. The van der Waals surface area contributed by atoms with Gasteiger partial charge in [-0.05, 0) is 24.6 Å². The van der Waals surface area contributed by atoms with Gasteiger partial charge in [-0.25, -0.2) is 0 Å². The molecular weight excluding hydrogens is 394 g/mol. The predicted molar refractivity (Wildman–Crippen MR) is 111 cm³/mol. The Bertz CT molecular complexity index is 897. The van der Waals surface area contributed by atoms with Crippen molar-refractivity contribution in [1.82, 2.24) is 20.3 Å². The van der Waals surface area contributed by atoms with E-state index < -0.39 is 11.2 Å². The van der Waals surface area contributed by atoms with Crippen LogP contribution >= 0.6 is 11.8 Å². The smallest absolute Gasteiger partial charge is 0.305 e. The molecule has 1 fully saturated rings. The summed E-state index contributed by atoms with van der Waals surface area (Å²) in [6.07, 6.45) is 4.84. The van der Waals surface area contributed by atoms with Gasteiger partial charge in [0.2, 0.25) is 5.91 Å². The van der Waals surface area contributed by atoms with E-state index in [1.54, 1.807) is 17.1 Å². The first kappa shape index (κ1) is 20.5. The van der Waals surface area contributed by atoms with Crippen molar-refractivity contribution in [3.8, 4) is 0 Å². The van der Waals surface area contributed by atoms with Crippen LogP contribution in [0.25, 0.3) is 0 Å². The number of aromatic nitrogens is 3. The van der Waals surface area contributed by atoms with Crippen molar-refractivity contribution in [3.05, 3.63) is 42.2 Å². The van der Waals surface area contributed by atoms with Gasteiger partial charge in [0.25, 0.3) is 0 Å². The van der Waals surface area contributed by atoms with E-state index in [2.05, 4.69) is 37.7 Å². The van der Waals surface area contributed by atoms with Crippen LogP contribution in [0.15, 0.2) is 46.9 Å². The first-order chi connectivity index (χ1) is 14.0. The van der Waals surface area contributed by atoms with Gasteiger partial charge in [0.05, 0.1) is 25.4 Å². The van der Waals surface area contributed by atoms with E-state index in [0.29, 0.717) is 5.17 Å². The largest absolute Gasteiger partial charge is 0.481 e. The number of hydrogen-bond acceptors (Lipinski definition) is 8. The van der Waals surface area contributed by atoms with Gasteiger partial charge in [-0.15, -0.1) is 10.2 Å². The Hall–Kier alpha value is -3.21. The maximum absolute atomic E-state index is 11.7. The van der Waals surface area contributed by atoms with E-state index >= 15 is 0 Å². The minimum absolute atomic E-state index is 0.245. The van der Waals surface area contributed by atoms with Crippen molar-refractivity contribution in [2.24, 2.45) is 10.2 Å². The number of amides is 1. The molecule has 1 aromatic carbocycles. The number of nitrogens with zero attached hydrogens (tertiary/aromatic N) is 6. The third-order valence-corrected chi connectivity index (χ3v) is 5.27. The number of carbonyl (C=O) groups is 2. The number of carbonyl (C=O) groups excluding carboxylic acids is 1. The fraction of sp³-hybridized carbons (Fsp3) is 0.333. The van der Waals surface area contributed by atoms with Crippen LogP contribution in [0, 0.1) is 0 Å². The molecule has 29 heavy (non-hydrogen) atoms. The zero-order chi connectivity index (χ0) is 20.6. The number of carboxylic acids is 1. The zero-order valence-electron chi connectivity index (χ0n) is 15.8. The molecule has 1 unspecified atom stereocenters. The number of nitrogens with one attached hydrogen (secondary N) is 1. The maximum atomic E-state index is 11.7. The second kappa shape index (κ2) is 9.82. The second-order valence-electron chi connectivity index (χ2n) is 6.18. The number of carboxylic acid groups (broad SMARTS) is 1. The SMILES string of the molecule is CCN(CCn1ccnn1)c1ccc(C=NN=C2NC(=O)C(CC(=O)O)S2)cc1.